The van der Waals surface area contributed by atoms with Crippen molar-refractivity contribution in [3.05, 3.63) is 65.6 Å². The molecule has 1 heterocycles. The Labute approximate surface area is 189 Å². The lowest BCUT2D eigenvalue weighted by Gasteiger charge is -2.36. The van der Waals surface area contributed by atoms with Gasteiger partial charge in [-0.05, 0) is 69.5 Å². The van der Waals surface area contributed by atoms with Gasteiger partial charge in [0.15, 0.2) is 11.5 Å². The number of allylic oxidation sites excluding steroid dienone is 1. The number of ether oxygens (including phenoxy) is 2. The van der Waals surface area contributed by atoms with Gasteiger partial charge in [-0.15, -0.1) is 0 Å². The summed E-state index contributed by atoms with van der Waals surface area (Å²) in [6, 6.07) is 16.9. The molecule has 168 valence electrons. The van der Waals surface area contributed by atoms with E-state index in [-0.39, 0.29) is 0 Å². The first-order valence-corrected chi connectivity index (χ1v) is 11.1. The second kappa shape index (κ2) is 10.0. The predicted octanol–water partition coefficient (Wildman–Crippen LogP) is 5.63. The molecule has 32 heavy (non-hydrogen) atoms. The number of aromatic nitrogens is 2. The summed E-state index contributed by atoms with van der Waals surface area (Å²) in [4.78, 5) is 6.93. The van der Waals surface area contributed by atoms with Crippen molar-refractivity contribution < 1.29 is 14.0 Å². The monoisotopic (exact) mass is 433 g/mol. The Hall–Kier alpha value is -3.12. The summed E-state index contributed by atoms with van der Waals surface area (Å²) < 4.78 is 16.2. The summed E-state index contributed by atoms with van der Waals surface area (Å²) in [7, 11) is 7.59. The molecule has 0 amide bonds. The molecule has 4 rings (SSSR count). The van der Waals surface area contributed by atoms with Gasteiger partial charge in [0, 0.05) is 17.7 Å². The van der Waals surface area contributed by atoms with Crippen molar-refractivity contribution in [2.24, 2.45) is 5.92 Å². The van der Waals surface area contributed by atoms with Crippen LogP contribution in [0.1, 0.15) is 43.2 Å². The minimum atomic E-state index is 0.442. The second-order valence-corrected chi connectivity index (χ2v) is 8.49. The summed E-state index contributed by atoms with van der Waals surface area (Å²) in [5.74, 6) is 3.04. The molecule has 1 fully saturated rings. The van der Waals surface area contributed by atoms with Crippen LogP contribution in [0.15, 0.2) is 58.6 Å². The average Bonchev–Trinajstić information content (AvgIpc) is 3.29. The standard InChI is InChI=1S/C26H31N3O3/c1-29(2)25(19-8-6-5-7-9-19)20-12-10-18(11-13-20)16-24-27-26(28-32-24)21-14-15-22(30-3)23(17-21)31-4/h5-9,14-17,20,25H,10-13H2,1-4H3. The quantitative estimate of drug-likeness (QED) is 0.481. The van der Waals surface area contributed by atoms with Crippen molar-refractivity contribution in [2.75, 3.05) is 28.3 Å². The van der Waals surface area contributed by atoms with Crippen molar-refractivity contribution in [3.8, 4) is 22.9 Å². The van der Waals surface area contributed by atoms with Gasteiger partial charge in [-0.1, -0.05) is 41.1 Å². The zero-order valence-electron chi connectivity index (χ0n) is 19.2. The van der Waals surface area contributed by atoms with Crippen molar-refractivity contribution in [1.82, 2.24) is 15.0 Å². The van der Waals surface area contributed by atoms with E-state index in [1.807, 2.05) is 18.2 Å². The highest BCUT2D eigenvalue weighted by atomic mass is 16.5. The third-order valence-electron chi connectivity index (χ3n) is 6.23. The van der Waals surface area contributed by atoms with Gasteiger partial charge in [-0.2, -0.15) is 4.98 Å². The van der Waals surface area contributed by atoms with Gasteiger partial charge in [-0.3, -0.25) is 0 Å². The van der Waals surface area contributed by atoms with Gasteiger partial charge >= 0.3 is 0 Å². The largest absolute Gasteiger partial charge is 0.493 e. The molecule has 6 heteroatoms. The molecule has 0 spiro atoms. The van der Waals surface area contributed by atoms with Gasteiger partial charge in [0.1, 0.15) is 0 Å². The van der Waals surface area contributed by atoms with Crippen LogP contribution in [-0.4, -0.2) is 43.4 Å². The average molecular weight is 434 g/mol. The fraction of sp³-hybridized carbons (Fsp3) is 0.385. The molecule has 1 atom stereocenters. The molecule has 0 aliphatic heterocycles. The van der Waals surface area contributed by atoms with Crippen LogP contribution in [0, 0.1) is 5.92 Å². The number of hydrogen-bond acceptors (Lipinski definition) is 6. The SMILES string of the molecule is COc1ccc(-c2noc(C=C3CCC(C(c4ccccc4)N(C)C)CC3)n2)cc1OC. The van der Waals surface area contributed by atoms with Gasteiger partial charge in [0.2, 0.25) is 5.82 Å². The van der Waals surface area contributed by atoms with Crippen LogP contribution in [0.5, 0.6) is 11.5 Å². The molecule has 3 aromatic rings. The van der Waals surface area contributed by atoms with Gasteiger partial charge in [0.05, 0.1) is 14.2 Å². The molecule has 0 radical (unpaired) electrons. The molecule has 1 unspecified atom stereocenters. The molecule has 0 saturated heterocycles. The van der Waals surface area contributed by atoms with Crippen LogP contribution in [0.4, 0.5) is 0 Å². The van der Waals surface area contributed by atoms with E-state index in [1.165, 1.54) is 11.1 Å². The molecule has 1 aliphatic carbocycles. The third-order valence-corrected chi connectivity index (χ3v) is 6.23. The van der Waals surface area contributed by atoms with Crippen molar-refractivity contribution in [1.29, 1.82) is 0 Å². The summed E-state index contributed by atoms with van der Waals surface area (Å²) in [6.07, 6.45) is 6.47. The molecule has 6 nitrogen and oxygen atoms in total. The van der Waals surface area contributed by atoms with Crippen molar-refractivity contribution >= 4 is 6.08 Å². The zero-order chi connectivity index (χ0) is 22.5. The first-order chi connectivity index (χ1) is 15.6. The number of hydrogen-bond donors (Lipinski definition) is 0. The lowest BCUT2D eigenvalue weighted by atomic mass is 9.78. The third kappa shape index (κ3) is 4.86. The molecule has 0 N–H and O–H groups in total. The molecule has 1 saturated carbocycles. The highest BCUT2D eigenvalue weighted by Gasteiger charge is 2.28. The number of benzene rings is 2. The predicted molar refractivity (Wildman–Crippen MR) is 126 cm³/mol. The minimum absolute atomic E-state index is 0.442. The number of rotatable bonds is 7. The smallest absolute Gasteiger partial charge is 0.250 e. The van der Waals surface area contributed by atoms with Crippen LogP contribution in [-0.2, 0) is 0 Å². The van der Waals surface area contributed by atoms with Crippen LogP contribution in [0.2, 0.25) is 0 Å². The van der Waals surface area contributed by atoms with E-state index >= 15 is 0 Å². The maximum atomic E-state index is 5.52. The fourth-order valence-corrected chi connectivity index (χ4v) is 4.67. The Kier molecular flexibility index (Phi) is 6.90. The maximum Gasteiger partial charge on any atom is 0.250 e. The highest BCUT2D eigenvalue weighted by molar-refractivity contribution is 5.61. The zero-order valence-corrected chi connectivity index (χ0v) is 19.2. The van der Waals surface area contributed by atoms with Crippen molar-refractivity contribution in [3.63, 3.8) is 0 Å². The minimum Gasteiger partial charge on any atom is -0.493 e. The first kappa shape index (κ1) is 22.1. The Morgan fingerprint density at radius 3 is 2.38 bits per heavy atom. The van der Waals surface area contributed by atoms with E-state index in [0.717, 1.165) is 31.2 Å². The van der Waals surface area contributed by atoms with E-state index in [0.29, 0.717) is 35.2 Å². The number of methoxy groups -OCH3 is 2. The molecule has 1 aliphatic rings. The lowest BCUT2D eigenvalue weighted by Crippen LogP contribution is -2.29. The Morgan fingerprint density at radius 1 is 1.00 bits per heavy atom. The van der Waals surface area contributed by atoms with Gasteiger partial charge < -0.3 is 18.9 Å². The molecular weight excluding hydrogens is 402 g/mol. The molecule has 1 aromatic heterocycles. The van der Waals surface area contributed by atoms with Crippen molar-refractivity contribution in [2.45, 2.75) is 31.7 Å². The summed E-state index contributed by atoms with van der Waals surface area (Å²) in [5.41, 5.74) is 3.59. The Bertz CT molecular complexity index is 1050. The summed E-state index contributed by atoms with van der Waals surface area (Å²) in [6.45, 7) is 0. The van der Waals surface area contributed by atoms with E-state index in [9.17, 15) is 0 Å². The number of nitrogens with zero attached hydrogens (tertiary/aromatic N) is 3. The van der Waals surface area contributed by atoms with Crippen LogP contribution >= 0.6 is 0 Å². The Balaban J connectivity index is 1.44. The summed E-state index contributed by atoms with van der Waals surface area (Å²) >= 11 is 0. The van der Waals surface area contributed by atoms with E-state index in [2.05, 4.69) is 65.5 Å². The topological polar surface area (TPSA) is 60.6 Å². The normalized spacial score (nSPS) is 17.3. The summed E-state index contributed by atoms with van der Waals surface area (Å²) in [5, 5.41) is 4.16. The van der Waals surface area contributed by atoms with Crippen LogP contribution in [0.3, 0.4) is 0 Å². The molecule has 2 aromatic carbocycles. The second-order valence-electron chi connectivity index (χ2n) is 8.49. The maximum absolute atomic E-state index is 5.52. The van der Waals surface area contributed by atoms with Crippen LogP contribution in [0.25, 0.3) is 17.5 Å². The Morgan fingerprint density at radius 2 is 1.72 bits per heavy atom. The lowest BCUT2D eigenvalue weighted by molar-refractivity contribution is 0.184. The van der Waals surface area contributed by atoms with E-state index in [1.54, 1.807) is 14.2 Å². The van der Waals surface area contributed by atoms with Gasteiger partial charge in [0.25, 0.3) is 5.89 Å². The highest BCUT2D eigenvalue weighted by Crippen LogP contribution is 2.39. The molecule has 0 bridgehead atoms. The van der Waals surface area contributed by atoms with Gasteiger partial charge in [-0.25, -0.2) is 0 Å². The van der Waals surface area contributed by atoms with Crippen LogP contribution < -0.4 is 9.47 Å². The fourth-order valence-electron chi connectivity index (χ4n) is 4.67. The van der Waals surface area contributed by atoms with E-state index < -0.39 is 0 Å². The molecular formula is C26H31N3O3. The van der Waals surface area contributed by atoms with E-state index in [4.69, 9.17) is 14.0 Å². The first-order valence-electron chi connectivity index (χ1n) is 11.1.